The van der Waals surface area contributed by atoms with Gasteiger partial charge in [0.2, 0.25) is 0 Å². The van der Waals surface area contributed by atoms with Crippen LogP contribution in [-0.2, 0) is 0 Å². The lowest BCUT2D eigenvalue weighted by atomic mass is 10.2. The van der Waals surface area contributed by atoms with Crippen molar-refractivity contribution in [3.8, 4) is 0 Å². The summed E-state index contributed by atoms with van der Waals surface area (Å²) in [5.74, 6) is 0. The highest BCUT2D eigenvalue weighted by molar-refractivity contribution is 7.79. The van der Waals surface area contributed by atoms with E-state index in [0.29, 0.717) is 6.04 Å². The van der Waals surface area contributed by atoms with Crippen LogP contribution in [0.1, 0.15) is 33.6 Å². The average molecular weight is 249 g/mol. The Balaban J connectivity index is 0.00000196. The highest BCUT2D eigenvalue weighted by atomic mass is 35.5. The van der Waals surface area contributed by atoms with Crippen LogP contribution in [0, 0.1) is 0 Å². The number of nitrogens with zero attached hydrogens (tertiary/aromatic N) is 1. The summed E-state index contributed by atoms with van der Waals surface area (Å²) in [5.41, 5.74) is 0. The van der Waals surface area contributed by atoms with E-state index in [1.54, 1.807) is 0 Å². The Kier molecular flexibility index (Phi) is 7.14. The standard InChI is InChI=1S/C11H20N2S.ClH/c1-4-7-12-9-6-10(3)13(8-5-2)11(12)14;/h6,9-10H,4-5,7-8H2,1-3H3;1H. The van der Waals surface area contributed by atoms with Gasteiger partial charge in [0.15, 0.2) is 0 Å². The Morgan fingerprint density at radius 3 is 2.60 bits per heavy atom. The quantitative estimate of drug-likeness (QED) is 0.588. The molecule has 1 aliphatic rings. The summed E-state index contributed by atoms with van der Waals surface area (Å²) in [5, 5.41) is 1.07. The molecule has 0 radical (unpaired) electrons. The first kappa shape index (κ1) is 14.9. The molecule has 2 atom stereocenters. The summed E-state index contributed by atoms with van der Waals surface area (Å²) in [6.45, 7) is 8.81. The highest BCUT2D eigenvalue weighted by Crippen LogP contribution is 2.04. The first-order valence-corrected chi connectivity index (χ1v) is 5.96. The summed E-state index contributed by atoms with van der Waals surface area (Å²) >= 11 is 5.49. The first-order valence-electron chi connectivity index (χ1n) is 5.55. The molecule has 1 rings (SSSR count). The van der Waals surface area contributed by atoms with E-state index >= 15 is 0 Å². The maximum atomic E-state index is 5.49. The van der Waals surface area contributed by atoms with Crippen molar-refractivity contribution in [2.75, 3.05) is 13.1 Å². The van der Waals surface area contributed by atoms with Crippen LogP contribution >= 0.6 is 12.2 Å². The van der Waals surface area contributed by atoms with Gasteiger partial charge in [-0.05, 0) is 25.8 Å². The van der Waals surface area contributed by atoms with E-state index in [2.05, 4.69) is 37.9 Å². The minimum absolute atomic E-state index is 0. The largest absolute Gasteiger partial charge is 1.00 e. The number of thiocarbonyl (C=S) groups is 1. The van der Waals surface area contributed by atoms with Crippen molar-refractivity contribution >= 4 is 17.3 Å². The third-order valence-corrected chi connectivity index (χ3v) is 3.08. The Hall–Kier alpha value is -0.120. The second kappa shape index (κ2) is 7.20. The van der Waals surface area contributed by atoms with Gasteiger partial charge in [-0.1, -0.05) is 13.8 Å². The summed E-state index contributed by atoms with van der Waals surface area (Å²) in [4.78, 5) is 3.68. The van der Waals surface area contributed by atoms with E-state index < -0.39 is 0 Å². The molecule has 0 aliphatic carbocycles. The molecule has 2 nitrogen and oxygen atoms in total. The van der Waals surface area contributed by atoms with Crippen LogP contribution in [0.5, 0.6) is 0 Å². The smallest absolute Gasteiger partial charge is 0.276 e. The molecule has 0 aromatic carbocycles. The van der Waals surface area contributed by atoms with Crippen molar-refractivity contribution in [3.63, 3.8) is 0 Å². The zero-order valence-electron chi connectivity index (χ0n) is 9.79. The number of quaternary nitrogens is 1. The molecule has 0 bridgehead atoms. The van der Waals surface area contributed by atoms with E-state index in [1.165, 1.54) is 11.3 Å². The molecule has 0 spiro atoms. The van der Waals surface area contributed by atoms with E-state index in [1.807, 2.05) is 0 Å². The van der Waals surface area contributed by atoms with Gasteiger partial charge in [0.1, 0.15) is 0 Å². The first-order chi connectivity index (χ1) is 6.70. The fraction of sp³-hybridized carbons (Fsp3) is 0.727. The van der Waals surface area contributed by atoms with Crippen molar-refractivity contribution in [2.45, 2.75) is 39.7 Å². The van der Waals surface area contributed by atoms with E-state index in [0.717, 1.165) is 24.6 Å². The summed E-state index contributed by atoms with van der Waals surface area (Å²) < 4.78 is 0. The molecule has 0 aromatic rings. The van der Waals surface area contributed by atoms with E-state index in [-0.39, 0.29) is 12.4 Å². The Morgan fingerprint density at radius 2 is 2.07 bits per heavy atom. The monoisotopic (exact) mass is 248 g/mol. The summed E-state index contributed by atoms with van der Waals surface area (Å²) in [6.07, 6.45) is 6.81. The van der Waals surface area contributed by atoms with Gasteiger partial charge in [-0.15, -0.1) is 0 Å². The normalized spacial score (nSPS) is 25.3. The predicted molar refractivity (Wildman–Crippen MR) is 64.3 cm³/mol. The van der Waals surface area contributed by atoms with Gasteiger partial charge in [-0.3, -0.25) is 4.90 Å². The molecule has 0 amide bonds. The Bertz CT molecular complexity index is 231. The van der Waals surface area contributed by atoms with Gasteiger partial charge in [0, 0.05) is 18.8 Å². The summed E-state index contributed by atoms with van der Waals surface area (Å²) in [7, 11) is 0. The van der Waals surface area contributed by atoms with Gasteiger partial charge >= 0.3 is 0 Å². The third-order valence-electron chi connectivity index (χ3n) is 2.59. The predicted octanol–water partition coefficient (Wildman–Crippen LogP) is -1.80. The zero-order chi connectivity index (χ0) is 10.6. The molecule has 1 heterocycles. The lowest BCUT2D eigenvalue weighted by Gasteiger charge is -2.33. The van der Waals surface area contributed by atoms with Crippen molar-refractivity contribution in [1.29, 1.82) is 0 Å². The maximum absolute atomic E-state index is 5.49. The van der Waals surface area contributed by atoms with Crippen LogP contribution in [0.3, 0.4) is 0 Å². The fourth-order valence-electron chi connectivity index (χ4n) is 1.81. The van der Waals surface area contributed by atoms with Crippen LogP contribution in [0.4, 0.5) is 0 Å². The van der Waals surface area contributed by atoms with Gasteiger partial charge < -0.3 is 17.3 Å². The molecule has 2 unspecified atom stereocenters. The number of hydrogen-bond acceptors (Lipinski definition) is 1. The van der Waals surface area contributed by atoms with E-state index in [9.17, 15) is 0 Å². The minimum atomic E-state index is 0. The van der Waals surface area contributed by atoms with Crippen LogP contribution in [0.2, 0.25) is 0 Å². The van der Waals surface area contributed by atoms with Gasteiger partial charge in [-0.25, -0.2) is 0 Å². The molecule has 0 saturated heterocycles. The van der Waals surface area contributed by atoms with Crippen LogP contribution in [0.25, 0.3) is 0 Å². The molecule has 4 heteroatoms. The number of rotatable bonds is 4. The Morgan fingerprint density at radius 1 is 1.40 bits per heavy atom. The van der Waals surface area contributed by atoms with E-state index in [4.69, 9.17) is 12.2 Å². The molecule has 1 N–H and O–H groups in total. The second-order valence-electron chi connectivity index (χ2n) is 3.87. The molecule has 0 saturated carbocycles. The van der Waals surface area contributed by atoms with Crippen molar-refractivity contribution in [1.82, 2.24) is 4.90 Å². The van der Waals surface area contributed by atoms with Crippen molar-refractivity contribution < 1.29 is 17.3 Å². The lowest BCUT2D eigenvalue weighted by Crippen LogP contribution is -3.12. The van der Waals surface area contributed by atoms with Gasteiger partial charge in [0.25, 0.3) is 5.11 Å². The average Bonchev–Trinajstić information content (AvgIpc) is 2.17. The molecular formula is C11H21ClN2S. The van der Waals surface area contributed by atoms with Crippen LogP contribution < -0.4 is 17.3 Å². The van der Waals surface area contributed by atoms with Crippen LogP contribution in [-0.4, -0.2) is 29.1 Å². The van der Waals surface area contributed by atoms with Crippen molar-refractivity contribution in [2.24, 2.45) is 0 Å². The van der Waals surface area contributed by atoms with Gasteiger partial charge in [0.05, 0.1) is 18.8 Å². The topological polar surface area (TPSA) is 7.68 Å². The highest BCUT2D eigenvalue weighted by Gasteiger charge is 2.26. The molecular weight excluding hydrogens is 228 g/mol. The molecule has 0 fully saturated rings. The molecule has 0 aromatic heterocycles. The number of halogens is 1. The minimum Gasteiger partial charge on any atom is -1.00 e. The maximum Gasteiger partial charge on any atom is 0.276 e. The molecule has 15 heavy (non-hydrogen) atoms. The SMILES string of the molecule is CCCN1C(=S)[NH+](CCC)C=CC1C.[Cl-]. The molecule has 1 aliphatic heterocycles. The second-order valence-corrected chi connectivity index (χ2v) is 4.26. The number of nitrogens with one attached hydrogen (secondary N) is 1. The lowest BCUT2D eigenvalue weighted by molar-refractivity contribution is -0.753. The third kappa shape index (κ3) is 3.74. The zero-order valence-corrected chi connectivity index (χ0v) is 11.4. The van der Waals surface area contributed by atoms with Crippen molar-refractivity contribution in [3.05, 3.63) is 12.3 Å². The summed E-state index contributed by atoms with van der Waals surface area (Å²) in [6, 6.07) is 0.475. The van der Waals surface area contributed by atoms with Crippen LogP contribution in [0.15, 0.2) is 12.3 Å². The Labute approximate surface area is 105 Å². The van der Waals surface area contributed by atoms with Gasteiger partial charge in [-0.2, -0.15) is 0 Å². The molecule has 88 valence electrons. The number of hydrogen-bond donors (Lipinski definition) is 1. The fourth-order valence-corrected chi connectivity index (χ4v) is 2.23.